The zero-order chi connectivity index (χ0) is 17.2. The quantitative estimate of drug-likeness (QED) is 0.243. The molecule has 0 N–H and O–H groups in total. The molecule has 3 heteroatoms. The Morgan fingerprint density at radius 1 is 0.609 bits per heavy atom. The first-order valence-corrected chi connectivity index (χ1v) is 9.79. The fourth-order valence-electron chi connectivity index (χ4n) is 2.80. The Hall–Kier alpha value is -0.860. The Morgan fingerprint density at radius 3 is 1.43 bits per heavy atom. The van der Waals surface area contributed by atoms with Crippen LogP contribution in [0.25, 0.3) is 0 Å². The van der Waals surface area contributed by atoms with Gasteiger partial charge in [0.1, 0.15) is 5.78 Å². The molecule has 23 heavy (non-hydrogen) atoms. The lowest BCUT2D eigenvalue weighted by molar-refractivity contribution is -0.140. The Kier molecular flexibility index (Phi) is 16.8. The standard InChI is InChI=1S/C20H38O3/c1-3-4-5-6-7-8-9-10-13-16-19(21)17-14-11-12-15-18-20(22)23-2/h3-18H2,1-2H3. The molecule has 0 aliphatic carbocycles. The molecule has 0 bridgehead atoms. The molecule has 0 aromatic heterocycles. The van der Waals surface area contributed by atoms with Crippen molar-refractivity contribution in [3.05, 3.63) is 0 Å². The van der Waals surface area contributed by atoms with Gasteiger partial charge in [-0.15, -0.1) is 0 Å². The summed E-state index contributed by atoms with van der Waals surface area (Å²) in [5.74, 6) is 0.285. The van der Waals surface area contributed by atoms with Gasteiger partial charge in [-0.25, -0.2) is 0 Å². The predicted molar refractivity (Wildman–Crippen MR) is 96.6 cm³/mol. The Balaban J connectivity index is 3.20. The van der Waals surface area contributed by atoms with Crippen molar-refractivity contribution in [1.29, 1.82) is 0 Å². The molecule has 0 heterocycles. The van der Waals surface area contributed by atoms with Crippen molar-refractivity contribution in [3.63, 3.8) is 0 Å². The molecule has 0 unspecified atom stereocenters. The second-order valence-corrected chi connectivity index (χ2v) is 6.61. The first-order valence-electron chi connectivity index (χ1n) is 9.79. The maximum absolute atomic E-state index is 11.8. The van der Waals surface area contributed by atoms with Crippen molar-refractivity contribution in [1.82, 2.24) is 0 Å². The number of ketones is 1. The summed E-state index contributed by atoms with van der Waals surface area (Å²) in [6.07, 6.45) is 17.6. The van der Waals surface area contributed by atoms with Gasteiger partial charge in [0.2, 0.25) is 0 Å². The minimum absolute atomic E-state index is 0.133. The van der Waals surface area contributed by atoms with E-state index in [0.717, 1.165) is 44.9 Å². The zero-order valence-corrected chi connectivity index (χ0v) is 15.5. The highest BCUT2D eigenvalue weighted by atomic mass is 16.5. The van der Waals surface area contributed by atoms with Crippen molar-refractivity contribution < 1.29 is 14.3 Å². The highest BCUT2D eigenvalue weighted by Gasteiger charge is 2.03. The molecule has 0 radical (unpaired) electrons. The van der Waals surface area contributed by atoms with Crippen molar-refractivity contribution in [2.75, 3.05) is 7.11 Å². The van der Waals surface area contributed by atoms with Crippen LogP contribution >= 0.6 is 0 Å². The van der Waals surface area contributed by atoms with Crippen LogP contribution < -0.4 is 0 Å². The van der Waals surface area contributed by atoms with E-state index in [1.165, 1.54) is 58.5 Å². The van der Waals surface area contributed by atoms with Gasteiger partial charge in [0.15, 0.2) is 0 Å². The van der Waals surface area contributed by atoms with Crippen LogP contribution in [-0.2, 0) is 14.3 Å². The fraction of sp³-hybridized carbons (Fsp3) is 0.900. The number of carbonyl (C=O) groups excluding carboxylic acids is 2. The monoisotopic (exact) mass is 326 g/mol. The summed E-state index contributed by atoms with van der Waals surface area (Å²) >= 11 is 0. The van der Waals surface area contributed by atoms with Gasteiger partial charge in [0, 0.05) is 19.3 Å². The van der Waals surface area contributed by atoms with Crippen molar-refractivity contribution in [2.24, 2.45) is 0 Å². The Bertz CT molecular complexity index is 287. The minimum Gasteiger partial charge on any atom is -0.469 e. The maximum atomic E-state index is 11.8. The second kappa shape index (κ2) is 17.5. The van der Waals surface area contributed by atoms with E-state index in [1.54, 1.807) is 0 Å². The fourth-order valence-corrected chi connectivity index (χ4v) is 2.80. The smallest absolute Gasteiger partial charge is 0.305 e. The van der Waals surface area contributed by atoms with Crippen molar-refractivity contribution >= 4 is 11.8 Å². The summed E-state index contributed by atoms with van der Waals surface area (Å²) in [5, 5.41) is 0. The predicted octanol–water partition coefficient (Wildman–Crippen LogP) is 5.99. The summed E-state index contributed by atoms with van der Waals surface area (Å²) in [7, 11) is 1.42. The first kappa shape index (κ1) is 22.1. The number of unbranched alkanes of at least 4 members (excludes halogenated alkanes) is 11. The van der Waals surface area contributed by atoms with Crippen LogP contribution in [0.5, 0.6) is 0 Å². The van der Waals surface area contributed by atoms with Crippen LogP contribution in [0.2, 0.25) is 0 Å². The number of ether oxygens (including phenoxy) is 1. The molecule has 3 nitrogen and oxygen atoms in total. The van der Waals surface area contributed by atoms with Crippen LogP contribution in [0.4, 0.5) is 0 Å². The molecule has 0 spiro atoms. The van der Waals surface area contributed by atoms with E-state index >= 15 is 0 Å². The third kappa shape index (κ3) is 17.3. The van der Waals surface area contributed by atoms with Gasteiger partial charge in [0.25, 0.3) is 0 Å². The lowest BCUT2D eigenvalue weighted by Gasteiger charge is -2.03. The van der Waals surface area contributed by atoms with E-state index in [4.69, 9.17) is 0 Å². The van der Waals surface area contributed by atoms with Gasteiger partial charge in [-0.1, -0.05) is 71.1 Å². The van der Waals surface area contributed by atoms with E-state index in [0.29, 0.717) is 12.2 Å². The largest absolute Gasteiger partial charge is 0.469 e. The summed E-state index contributed by atoms with van der Waals surface area (Å²) in [4.78, 5) is 22.7. The van der Waals surface area contributed by atoms with Crippen LogP contribution in [0.1, 0.15) is 110 Å². The number of rotatable bonds is 17. The van der Waals surface area contributed by atoms with Crippen LogP contribution in [0.3, 0.4) is 0 Å². The average Bonchev–Trinajstić information content (AvgIpc) is 2.56. The van der Waals surface area contributed by atoms with Gasteiger partial charge in [-0.2, -0.15) is 0 Å². The number of methoxy groups -OCH3 is 1. The molecule has 0 aromatic carbocycles. The van der Waals surface area contributed by atoms with Gasteiger partial charge in [-0.3, -0.25) is 9.59 Å². The average molecular weight is 327 g/mol. The SMILES string of the molecule is CCCCCCCCCCCC(=O)CCCCCCC(=O)OC. The van der Waals surface area contributed by atoms with Crippen molar-refractivity contribution in [3.8, 4) is 0 Å². The molecule has 0 aliphatic rings. The molecular formula is C20H38O3. The number of carbonyl (C=O) groups is 2. The van der Waals surface area contributed by atoms with Crippen molar-refractivity contribution in [2.45, 2.75) is 110 Å². The van der Waals surface area contributed by atoms with E-state index in [-0.39, 0.29) is 5.97 Å². The number of hydrogen-bond acceptors (Lipinski definition) is 3. The molecule has 0 saturated carbocycles. The van der Waals surface area contributed by atoms with Gasteiger partial charge in [-0.05, 0) is 19.3 Å². The first-order chi connectivity index (χ1) is 11.2. The lowest BCUT2D eigenvalue weighted by atomic mass is 10.0. The number of Topliss-reactive ketones (excluding diaryl/α,β-unsaturated/α-hetero) is 1. The molecule has 0 atom stereocenters. The third-order valence-corrected chi connectivity index (χ3v) is 4.37. The van der Waals surface area contributed by atoms with Gasteiger partial charge < -0.3 is 4.74 Å². The molecule has 0 amide bonds. The summed E-state index contributed by atoms with van der Waals surface area (Å²) < 4.78 is 4.60. The molecule has 136 valence electrons. The molecule has 0 saturated heterocycles. The molecule has 0 rings (SSSR count). The van der Waals surface area contributed by atoms with Crippen LogP contribution in [0, 0.1) is 0 Å². The second-order valence-electron chi connectivity index (χ2n) is 6.61. The third-order valence-electron chi connectivity index (χ3n) is 4.37. The van der Waals surface area contributed by atoms with E-state index in [2.05, 4.69) is 11.7 Å². The lowest BCUT2D eigenvalue weighted by Crippen LogP contribution is -2.00. The summed E-state index contributed by atoms with van der Waals surface area (Å²) in [6, 6.07) is 0. The highest BCUT2D eigenvalue weighted by molar-refractivity contribution is 5.78. The molecule has 0 aliphatic heterocycles. The summed E-state index contributed by atoms with van der Waals surface area (Å²) in [6.45, 7) is 2.25. The van der Waals surface area contributed by atoms with E-state index < -0.39 is 0 Å². The van der Waals surface area contributed by atoms with Gasteiger partial charge >= 0.3 is 5.97 Å². The Labute approximate surface area is 143 Å². The number of hydrogen-bond donors (Lipinski definition) is 0. The highest BCUT2D eigenvalue weighted by Crippen LogP contribution is 2.12. The van der Waals surface area contributed by atoms with E-state index in [9.17, 15) is 9.59 Å². The summed E-state index contributed by atoms with van der Waals surface area (Å²) in [5.41, 5.74) is 0. The topological polar surface area (TPSA) is 43.4 Å². The van der Waals surface area contributed by atoms with Gasteiger partial charge in [0.05, 0.1) is 7.11 Å². The maximum Gasteiger partial charge on any atom is 0.305 e. The zero-order valence-electron chi connectivity index (χ0n) is 15.5. The normalized spacial score (nSPS) is 10.7. The minimum atomic E-state index is -0.133. The van der Waals surface area contributed by atoms with Crippen LogP contribution in [0.15, 0.2) is 0 Å². The van der Waals surface area contributed by atoms with E-state index in [1.807, 2.05) is 0 Å². The number of esters is 1. The molecule has 0 aromatic rings. The van der Waals surface area contributed by atoms with Crippen LogP contribution in [-0.4, -0.2) is 18.9 Å². The molecule has 0 fully saturated rings. The molecular weight excluding hydrogens is 288 g/mol. The Morgan fingerprint density at radius 2 is 1.00 bits per heavy atom.